The lowest BCUT2D eigenvalue weighted by Crippen LogP contribution is -2.02. The number of anilines is 2. The zero-order valence-corrected chi connectivity index (χ0v) is 13.7. The van der Waals surface area contributed by atoms with Crippen molar-refractivity contribution in [2.24, 2.45) is 0 Å². The Balaban J connectivity index is 1.87. The Morgan fingerprint density at radius 1 is 0.542 bits per heavy atom. The van der Waals surface area contributed by atoms with Gasteiger partial charge in [0.15, 0.2) is 0 Å². The van der Waals surface area contributed by atoms with Crippen molar-refractivity contribution < 1.29 is 0 Å². The van der Waals surface area contributed by atoms with Crippen molar-refractivity contribution in [3.05, 3.63) is 84.9 Å². The molecule has 5 aromatic carbocycles. The standard InChI is InChI=1S/C22H14ClN/c23-24(18-7-2-1-3-8-18)20-14-12-17-10-9-15-5-4-6-16-11-13-19(20)22(17)21(15)16/h1-14H. The Kier molecular flexibility index (Phi) is 2.91. The largest absolute Gasteiger partial charge is 0.253 e. The Morgan fingerprint density at radius 3 is 1.92 bits per heavy atom. The summed E-state index contributed by atoms with van der Waals surface area (Å²) in [6.07, 6.45) is 0. The lowest BCUT2D eigenvalue weighted by atomic mass is 9.93. The molecule has 114 valence electrons. The highest BCUT2D eigenvalue weighted by Gasteiger charge is 2.14. The summed E-state index contributed by atoms with van der Waals surface area (Å²) in [5.41, 5.74) is 1.97. The van der Waals surface area contributed by atoms with Gasteiger partial charge in [0, 0.05) is 17.2 Å². The summed E-state index contributed by atoms with van der Waals surface area (Å²) in [6, 6.07) is 29.5. The number of hydrogen-bond acceptors (Lipinski definition) is 1. The number of hydrogen-bond donors (Lipinski definition) is 0. The highest BCUT2D eigenvalue weighted by atomic mass is 35.5. The van der Waals surface area contributed by atoms with Gasteiger partial charge in [-0.1, -0.05) is 66.7 Å². The molecule has 0 aliphatic carbocycles. The molecule has 1 nitrogen and oxygen atoms in total. The van der Waals surface area contributed by atoms with Gasteiger partial charge in [0.25, 0.3) is 0 Å². The van der Waals surface area contributed by atoms with Crippen molar-refractivity contribution in [2.45, 2.75) is 0 Å². The first-order valence-corrected chi connectivity index (χ1v) is 8.34. The van der Waals surface area contributed by atoms with E-state index in [4.69, 9.17) is 11.8 Å². The average molecular weight is 328 g/mol. The van der Waals surface area contributed by atoms with Crippen LogP contribution in [0.15, 0.2) is 84.9 Å². The first-order valence-electron chi connectivity index (χ1n) is 8.00. The van der Waals surface area contributed by atoms with Crippen molar-refractivity contribution in [2.75, 3.05) is 4.42 Å². The average Bonchev–Trinajstić information content (AvgIpc) is 2.66. The molecule has 0 N–H and O–H groups in total. The first-order chi connectivity index (χ1) is 11.8. The van der Waals surface area contributed by atoms with Gasteiger partial charge in [-0.2, -0.15) is 0 Å². The minimum Gasteiger partial charge on any atom is -0.253 e. The van der Waals surface area contributed by atoms with Gasteiger partial charge in [0.2, 0.25) is 0 Å². The molecule has 24 heavy (non-hydrogen) atoms. The molecule has 0 aromatic heterocycles. The van der Waals surface area contributed by atoms with Crippen LogP contribution in [0.5, 0.6) is 0 Å². The van der Waals surface area contributed by atoms with Crippen LogP contribution in [-0.4, -0.2) is 0 Å². The molecule has 0 atom stereocenters. The van der Waals surface area contributed by atoms with Gasteiger partial charge >= 0.3 is 0 Å². The fraction of sp³-hybridized carbons (Fsp3) is 0. The van der Waals surface area contributed by atoms with Gasteiger partial charge in [-0.15, -0.1) is 0 Å². The number of rotatable bonds is 2. The highest BCUT2D eigenvalue weighted by Crippen LogP contribution is 2.41. The minimum absolute atomic E-state index is 0.967. The maximum Gasteiger partial charge on any atom is 0.0660 e. The van der Waals surface area contributed by atoms with Crippen LogP contribution in [0.2, 0.25) is 0 Å². The monoisotopic (exact) mass is 327 g/mol. The first kappa shape index (κ1) is 13.6. The van der Waals surface area contributed by atoms with Crippen molar-refractivity contribution in [1.82, 2.24) is 0 Å². The molecular weight excluding hydrogens is 314 g/mol. The molecule has 0 bridgehead atoms. The third-order valence-corrected chi connectivity index (χ3v) is 5.08. The summed E-state index contributed by atoms with van der Waals surface area (Å²) in [5.74, 6) is 0. The van der Waals surface area contributed by atoms with Gasteiger partial charge in [-0.25, -0.2) is 0 Å². The molecular formula is C22H14ClN. The molecule has 0 fully saturated rings. The van der Waals surface area contributed by atoms with E-state index in [1.807, 2.05) is 30.3 Å². The van der Waals surface area contributed by atoms with Crippen molar-refractivity contribution in [3.63, 3.8) is 0 Å². The van der Waals surface area contributed by atoms with Gasteiger partial charge in [-0.05, 0) is 45.1 Å². The summed E-state index contributed by atoms with van der Waals surface area (Å²) in [6.45, 7) is 0. The molecule has 2 heteroatoms. The molecule has 0 aliphatic heterocycles. The second-order valence-corrected chi connectivity index (χ2v) is 6.40. The van der Waals surface area contributed by atoms with E-state index in [0.29, 0.717) is 0 Å². The summed E-state index contributed by atoms with van der Waals surface area (Å²) < 4.78 is 1.74. The van der Waals surface area contributed by atoms with E-state index in [-0.39, 0.29) is 0 Å². The van der Waals surface area contributed by atoms with E-state index < -0.39 is 0 Å². The van der Waals surface area contributed by atoms with Crippen LogP contribution in [0.3, 0.4) is 0 Å². The lowest BCUT2D eigenvalue weighted by Gasteiger charge is -2.20. The Hall–Kier alpha value is -2.77. The van der Waals surface area contributed by atoms with E-state index in [2.05, 4.69) is 54.6 Å². The van der Waals surface area contributed by atoms with Crippen LogP contribution in [-0.2, 0) is 0 Å². The zero-order chi connectivity index (χ0) is 16.1. The molecule has 5 rings (SSSR count). The van der Waals surface area contributed by atoms with Gasteiger partial charge < -0.3 is 0 Å². The topological polar surface area (TPSA) is 3.24 Å². The minimum atomic E-state index is 0.967. The normalized spacial score (nSPS) is 11.5. The number of halogens is 1. The molecule has 0 aliphatic rings. The van der Waals surface area contributed by atoms with Crippen molar-refractivity contribution >= 4 is 55.5 Å². The molecule has 0 saturated carbocycles. The van der Waals surface area contributed by atoms with Crippen LogP contribution in [0.25, 0.3) is 32.3 Å². The Morgan fingerprint density at radius 2 is 1.17 bits per heavy atom. The van der Waals surface area contributed by atoms with Crippen LogP contribution < -0.4 is 4.42 Å². The van der Waals surface area contributed by atoms with E-state index in [9.17, 15) is 0 Å². The maximum absolute atomic E-state index is 6.69. The number of benzene rings is 5. The predicted molar refractivity (Wildman–Crippen MR) is 105 cm³/mol. The third kappa shape index (κ3) is 1.88. The second-order valence-electron chi connectivity index (χ2n) is 6.06. The summed E-state index contributed by atoms with van der Waals surface area (Å²) >= 11 is 6.69. The highest BCUT2D eigenvalue weighted by molar-refractivity contribution is 6.33. The van der Waals surface area contributed by atoms with Crippen LogP contribution in [0.4, 0.5) is 11.4 Å². The van der Waals surface area contributed by atoms with Gasteiger partial charge in [-0.3, -0.25) is 4.42 Å². The molecule has 0 spiro atoms. The van der Waals surface area contributed by atoms with Crippen LogP contribution >= 0.6 is 11.8 Å². The fourth-order valence-corrected chi connectivity index (χ4v) is 3.85. The number of para-hydroxylation sites is 1. The Bertz CT molecular complexity index is 1150. The molecule has 0 unspecified atom stereocenters. The van der Waals surface area contributed by atoms with E-state index in [1.54, 1.807) is 4.42 Å². The summed E-state index contributed by atoms with van der Waals surface area (Å²) in [4.78, 5) is 0. The fourth-order valence-electron chi connectivity index (χ4n) is 3.59. The molecule has 0 amide bonds. The Labute approximate surface area is 145 Å². The quantitative estimate of drug-likeness (QED) is 0.252. The molecule has 0 heterocycles. The third-order valence-electron chi connectivity index (χ3n) is 4.70. The summed E-state index contributed by atoms with van der Waals surface area (Å²) in [5, 5.41) is 7.55. The van der Waals surface area contributed by atoms with Gasteiger partial charge in [0.05, 0.1) is 11.4 Å². The molecule has 5 aromatic rings. The maximum atomic E-state index is 6.69. The molecule has 0 radical (unpaired) electrons. The van der Waals surface area contributed by atoms with E-state index in [0.717, 1.165) is 11.4 Å². The van der Waals surface area contributed by atoms with E-state index >= 15 is 0 Å². The summed E-state index contributed by atoms with van der Waals surface area (Å²) in [7, 11) is 0. The number of nitrogens with zero attached hydrogens (tertiary/aromatic N) is 1. The van der Waals surface area contributed by atoms with Crippen LogP contribution in [0, 0.1) is 0 Å². The predicted octanol–water partition coefficient (Wildman–Crippen LogP) is 6.88. The zero-order valence-electron chi connectivity index (χ0n) is 12.9. The SMILES string of the molecule is ClN(c1ccccc1)c1ccc2ccc3cccc4ccc1c2c34. The van der Waals surface area contributed by atoms with Crippen molar-refractivity contribution in [3.8, 4) is 0 Å². The van der Waals surface area contributed by atoms with Crippen molar-refractivity contribution in [1.29, 1.82) is 0 Å². The second kappa shape index (κ2) is 5.12. The van der Waals surface area contributed by atoms with Crippen LogP contribution in [0.1, 0.15) is 0 Å². The van der Waals surface area contributed by atoms with E-state index in [1.165, 1.54) is 32.3 Å². The lowest BCUT2D eigenvalue weighted by molar-refractivity contribution is 1.44. The smallest absolute Gasteiger partial charge is 0.0660 e. The van der Waals surface area contributed by atoms with Gasteiger partial charge in [0.1, 0.15) is 0 Å². The molecule has 0 saturated heterocycles.